The average Bonchev–Trinajstić information content (AvgIpc) is 2.10. The molecule has 1 rings (SSSR count). The van der Waals surface area contributed by atoms with Crippen LogP contribution < -0.4 is 0 Å². The minimum Gasteiger partial charge on any atom is -0.359 e. The van der Waals surface area contributed by atoms with Crippen molar-refractivity contribution in [3.05, 3.63) is 0 Å². The highest BCUT2D eigenvalue weighted by Gasteiger charge is 2.27. The summed E-state index contributed by atoms with van der Waals surface area (Å²) < 4.78 is 5.56. The van der Waals surface area contributed by atoms with E-state index in [0.29, 0.717) is 18.4 Å². The molecule has 1 saturated heterocycles. The number of nitrogens with zero attached hydrogens (tertiary/aromatic N) is 1. The molecule has 1 heterocycles. The molecule has 2 nitrogen and oxygen atoms in total. The van der Waals surface area contributed by atoms with Crippen LogP contribution in [0.25, 0.3) is 0 Å². The zero-order chi connectivity index (χ0) is 7.72. The Morgan fingerprint density at radius 2 is 2.00 bits per heavy atom. The van der Waals surface area contributed by atoms with Crippen molar-refractivity contribution in [3.63, 3.8) is 0 Å². The molecule has 0 bridgehead atoms. The van der Waals surface area contributed by atoms with Crippen LogP contribution in [0.5, 0.6) is 0 Å². The van der Waals surface area contributed by atoms with E-state index in [4.69, 9.17) is 4.74 Å². The third kappa shape index (κ3) is 1.50. The molecule has 2 atom stereocenters. The molecule has 0 N–H and O–H groups in total. The summed E-state index contributed by atoms with van der Waals surface area (Å²) in [6.45, 7) is 9.73. The first kappa shape index (κ1) is 8.02. The van der Waals surface area contributed by atoms with Crippen LogP contribution in [0, 0.1) is 0 Å². The molecular formula is C8H17NO. The Morgan fingerprint density at radius 1 is 1.40 bits per heavy atom. The maximum absolute atomic E-state index is 5.56. The molecule has 0 aromatic carbocycles. The number of rotatable bonds is 1. The van der Waals surface area contributed by atoms with Crippen molar-refractivity contribution >= 4 is 0 Å². The molecule has 60 valence electrons. The Bertz CT molecular complexity index is 114. The first-order valence-electron chi connectivity index (χ1n) is 4.02. The van der Waals surface area contributed by atoms with Gasteiger partial charge >= 0.3 is 0 Å². The molecular weight excluding hydrogens is 126 g/mol. The van der Waals surface area contributed by atoms with Gasteiger partial charge in [-0.1, -0.05) is 0 Å². The van der Waals surface area contributed by atoms with Crippen molar-refractivity contribution in [3.8, 4) is 0 Å². The predicted molar refractivity (Wildman–Crippen MR) is 41.9 cm³/mol. The van der Waals surface area contributed by atoms with Crippen molar-refractivity contribution in [1.82, 2.24) is 4.90 Å². The number of ether oxygens (including phenoxy) is 1. The van der Waals surface area contributed by atoms with Crippen molar-refractivity contribution in [2.45, 2.75) is 46.1 Å². The maximum Gasteiger partial charge on any atom is 0.108 e. The molecule has 1 fully saturated rings. The molecule has 2 heteroatoms. The molecule has 0 spiro atoms. The first-order valence-corrected chi connectivity index (χ1v) is 4.02. The smallest absolute Gasteiger partial charge is 0.108 e. The zero-order valence-corrected chi connectivity index (χ0v) is 7.29. The van der Waals surface area contributed by atoms with Gasteiger partial charge < -0.3 is 4.74 Å². The van der Waals surface area contributed by atoms with E-state index in [-0.39, 0.29) is 0 Å². The second-order valence-electron chi connectivity index (χ2n) is 3.34. The van der Waals surface area contributed by atoms with Crippen molar-refractivity contribution in [2.75, 3.05) is 6.54 Å². The molecule has 1 aliphatic heterocycles. The van der Waals surface area contributed by atoms with Gasteiger partial charge in [0.2, 0.25) is 0 Å². The Labute approximate surface area is 63.2 Å². The normalized spacial score (nSPS) is 35.7. The molecule has 0 radical (unpaired) electrons. The summed E-state index contributed by atoms with van der Waals surface area (Å²) in [6.07, 6.45) is 0.729. The van der Waals surface area contributed by atoms with Crippen molar-refractivity contribution < 1.29 is 4.74 Å². The molecule has 0 aromatic heterocycles. The fraction of sp³-hybridized carbons (Fsp3) is 1.00. The van der Waals surface area contributed by atoms with Crippen LogP contribution in [0.1, 0.15) is 27.7 Å². The van der Waals surface area contributed by atoms with Gasteiger partial charge in [-0.2, -0.15) is 0 Å². The molecule has 0 aromatic rings. The molecule has 10 heavy (non-hydrogen) atoms. The largest absolute Gasteiger partial charge is 0.359 e. The van der Waals surface area contributed by atoms with Crippen LogP contribution in [0.15, 0.2) is 0 Å². The monoisotopic (exact) mass is 143 g/mol. The summed E-state index contributed by atoms with van der Waals surface area (Å²) in [5, 5.41) is 0. The molecule has 0 amide bonds. The standard InChI is InChI=1S/C8H17NO/c1-6(2)9-5-7(3)10-8(9)4/h6-8H,5H2,1-4H3/t7-,8?/m1/s1. The Balaban J connectivity index is 2.46. The van der Waals surface area contributed by atoms with Gasteiger partial charge in [0.05, 0.1) is 6.10 Å². The van der Waals surface area contributed by atoms with Crippen LogP contribution in [-0.2, 0) is 4.74 Å². The SMILES string of the molecule is CC(C)N1C[C@@H](C)OC1C. The molecule has 1 unspecified atom stereocenters. The summed E-state index contributed by atoms with van der Waals surface area (Å²) in [5.41, 5.74) is 0. The highest BCUT2D eigenvalue weighted by molar-refractivity contribution is 4.74. The van der Waals surface area contributed by atoms with Gasteiger partial charge in [-0.25, -0.2) is 0 Å². The lowest BCUT2D eigenvalue weighted by Gasteiger charge is -2.22. The van der Waals surface area contributed by atoms with E-state index in [1.165, 1.54) is 0 Å². The van der Waals surface area contributed by atoms with Gasteiger partial charge in [0.15, 0.2) is 0 Å². The quantitative estimate of drug-likeness (QED) is 0.551. The van der Waals surface area contributed by atoms with Gasteiger partial charge in [-0.15, -0.1) is 0 Å². The summed E-state index contributed by atoms with van der Waals surface area (Å²) >= 11 is 0. The van der Waals surface area contributed by atoms with E-state index in [0.717, 1.165) is 6.54 Å². The van der Waals surface area contributed by atoms with Gasteiger partial charge in [-0.3, -0.25) is 4.90 Å². The summed E-state index contributed by atoms with van der Waals surface area (Å²) in [7, 11) is 0. The fourth-order valence-electron chi connectivity index (χ4n) is 1.53. The van der Waals surface area contributed by atoms with Gasteiger partial charge in [0.1, 0.15) is 6.23 Å². The average molecular weight is 143 g/mol. The molecule has 1 aliphatic rings. The van der Waals surface area contributed by atoms with E-state index < -0.39 is 0 Å². The van der Waals surface area contributed by atoms with E-state index >= 15 is 0 Å². The Morgan fingerprint density at radius 3 is 2.20 bits per heavy atom. The van der Waals surface area contributed by atoms with Crippen LogP contribution in [0.4, 0.5) is 0 Å². The van der Waals surface area contributed by atoms with Gasteiger partial charge in [-0.05, 0) is 27.7 Å². The lowest BCUT2D eigenvalue weighted by atomic mass is 10.3. The van der Waals surface area contributed by atoms with Crippen LogP contribution in [-0.4, -0.2) is 29.8 Å². The van der Waals surface area contributed by atoms with Crippen molar-refractivity contribution in [1.29, 1.82) is 0 Å². The lowest BCUT2D eigenvalue weighted by molar-refractivity contribution is 0.0101. The van der Waals surface area contributed by atoms with Crippen LogP contribution >= 0.6 is 0 Å². The lowest BCUT2D eigenvalue weighted by Crippen LogP contribution is -2.34. The minimum absolute atomic E-state index is 0.315. The topological polar surface area (TPSA) is 12.5 Å². The minimum atomic E-state index is 0.315. The Hall–Kier alpha value is -0.0800. The van der Waals surface area contributed by atoms with E-state index in [2.05, 4.69) is 32.6 Å². The van der Waals surface area contributed by atoms with Crippen molar-refractivity contribution in [2.24, 2.45) is 0 Å². The maximum atomic E-state index is 5.56. The summed E-state index contributed by atoms with van der Waals surface area (Å²) in [5.74, 6) is 0. The van der Waals surface area contributed by atoms with E-state index in [1.807, 2.05) is 0 Å². The predicted octanol–water partition coefficient (Wildman–Crippen LogP) is 1.46. The summed E-state index contributed by atoms with van der Waals surface area (Å²) in [4.78, 5) is 2.37. The van der Waals surface area contributed by atoms with E-state index in [1.54, 1.807) is 0 Å². The first-order chi connectivity index (χ1) is 4.61. The van der Waals surface area contributed by atoms with Gasteiger partial charge in [0.25, 0.3) is 0 Å². The molecule has 0 aliphatic carbocycles. The van der Waals surface area contributed by atoms with E-state index in [9.17, 15) is 0 Å². The third-order valence-electron chi connectivity index (χ3n) is 2.03. The zero-order valence-electron chi connectivity index (χ0n) is 7.29. The van der Waals surface area contributed by atoms with Crippen LogP contribution in [0.2, 0.25) is 0 Å². The highest BCUT2D eigenvalue weighted by Crippen LogP contribution is 2.17. The third-order valence-corrected chi connectivity index (χ3v) is 2.03. The Kier molecular flexibility index (Phi) is 2.32. The number of hydrogen-bond donors (Lipinski definition) is 0. The number of hydrogen-bond acceptors (Lipinski definition) is 2. The second kappa shape index (κ2) is 2.89. The summed E-state index contributed by atoms with van der Waals surface area (Å²) in [6, 6.07) is 0.611. The highest BCUT2D eigenvalue weighted by atomic mass is 16.5. The second-order valence-corrected chi connectivity index (χ2v) is 3.34. The van der Waals surface area contributed by atoms with Crippen LogP contribution in [0.3, 0.4) is 0 Å². The molecule has 0 saturated carbocycles. The van der Waals surface area contributed by atoms with Gasteiger partial charge in [0, 0.05) is 12.6 Å². The fourth-order valence-corrected chi connectivity index (χ4v) is 1.53.